The second-order valence-electron chi connectivity index (χ2n) is 4.49. The molecule has 0 aliphatic heterocycles. The van der Waals surface area contributed by atoms with Crippen LogP contribution in [0, 0.1) is 13.8 Å². The van der Waals surface area contributed by atoms with Crippen LogP contribution in [0.5, 0.6) is 5.75 Å². The zero-order valence-electron chi connectivity index (χ0n) is 11.0. The van der Waals surface area contributed by atoms with Crippen molar-refractivity contribution in [1.29, 1.82) is 0 Å². The van der Waals surface area contributed by atoms with E-state index in [2.05, 4.69) is 0 Å². The molecule has 0 bridgehead atoms. The number of hydrogen-bond acceptors (Lipinski definition) is 2. The lowest BCUT2D eigenvalue weighted by Gasteiger charge is -2.16. The average Bonchev–Trinajstić information content (AvgIpc) is 2.40. The second kappa shape index (κ2) is 5.57. The van der Waals surface area contributed by atoms with Crippen molar-refractivity contribution in [2.24, 2.45) is 0 Å². The minimum absolute atomic E-state index is 0.569. The van der Waals surface area contributed by atoms with Crippen molar-refractivity contribution in [3.8, 4) is 5.75 Å². The molecule has 0 saturated carbocycles. The van der Waals surface area contributed by atoms with E-state index < -0.39 is 12.1 Å². The molecule has 2 aromatic carbocycles. The van der Waals surface area contributed by atoms with Crippen molar-refractivity contribution < 1.29 is 14.6 Å². The maximum absolute atomic E-state index is 11.3. The maximum Gasteiger partial charge on any atom is 0.349 e. The lowest BCUT2D eigenvalue weighted by atomic mass is 10.1. The van der Waals surface area contributed by atoms with E-state index in [1.54, 1.807) is 30.3 Å². The van der Waals surface area contributed by atoms with Crippen LogP contribution in [0.25, 0.3) is 0 Å². The molecule has 0 spiro atoms. The predicted octanol–water partition coefficient (Wildman–Crippen LogP) is 3.51. The van der Waals surface area contributed by atoms with Gasteiger partial charge in [0.05, 0.1) is 0 Å². The molecular weight excluding hydrogens is 240 g/mol. The third-order valence-corrected chi connectivity index (χ3v) is 3.06. The Bertz CT molecular complexity index is 576. The summed E-state index contributed by atoms with van der Waals surface area (Å²) in [6.45, 7) is 3.98. The van der Waals surface area contributed by atoms with E-state index in [1.165, 1.54) is 0 Å². The summed E-state index contributed by atoms with van der Waals surface area (Å²) < 4.78 is 5.60. The van der Waals surface area contributed by atoms with E-state index in [0.717, 1.165) is 11.1 Å². The Morgan fingerprint density at radius 2 is 1.74 bits per heavy atom. The van der Waals surface area contributed by atoms with Gasteiger partial charge in [0.25, 0.3) is 0 Å². The Morgan fingerprint density at radius 3 is 2.32 bits per heavy atom. The summed E-state index contributed by atoms with van der Waals surface area (Å²) in [7, 11) is 0. The number of aryl methyl sites for hydroxylation is 2. The van der Waals surface area contributed by atoms with Gasteiger partial charge in [-0.05, 0) is 37.1 Å². The molecule has 2 rings (SSSR count). The van der Waals surface area contributed by atoms with Crippen LogP contribution in [0.2, 0.25) is 0 Å². The Kier molecular flexibility index (Phi) is 3.85. The first kappa shape index (κ1) is 13.1. The van der Waals surface area contributed by atoms with Crippen LogP contribution in [-0.4, -0.2) is 11.1 Å². The van der Waals surface area contributed by atoms with E-state index in [4.69, 9.17) is 4.74 Å². The molecule has 1 N–H and O–H groups in total. The highest BCUT2D eigenvalue weighted by molar-refractivity contribution is 5.74. The zero-order valence-corrected chi connectivity index (χ0v) is 11.0. The molecule has 0 aromatic heterocycles. The molecule has 3 heteroatoms. The van der Waals surface area contributed by atoms with E-state index in [1.807, 2.05) is 32.0 Å². The third-order valence-electron chi connectivity index (χ3n) is 3.06. The molecule has 0 radical (unpaired) electrons. The van der Waals surface area contributed by atoms with Gasteiger partial charge in [0, 0.05) is 5.56 Å². The molecule has 0 heterocycles. The molecule has 3 nitrogen and oxygen atoms in total. The average molecular weight is 256 g/mol. The minimum Gasteiger partial charge on any atom is -0.478 e. The quantitative estimate of drug-likeness (QED) is 0.910. The van der Waals surface area contributed by atoms with Crippen molar-refractivity contribution in [2.45, 2.75) is 20.0 Å². The van der Waals surface area contributed by atoms with Gasteiger partial charge in [-0.3, -0.25) is 0 Å². The zero-order chi connectivity index (χ0) is 13.8. The fraction of sp³-hybridized carbons (Fsp3) is 0.188. The topological polar surface area (TPSA) is 46.5 Å². The van der Waals surface area contributed by atoms with Crippen LogP contribution in [0.3, 0.4) is 0 Å². The van der Waals surface area contributed by atoms with Crippen LogP contribution >= 0.6 is 0 Å². The fourth-order valence-corrected chi connectivity index (χ4v) is 1.81. The van der Waals surface area contributed by atoms with Gasteiger partial charge < -0.3 is 9.84 Å². The molecule has 2 aromatic rings. The standard InChI is InChI=1S/C16H16O3/c1-11-8-9-14(10-12(11)2)19-15(16(17)18)13-6-4-3-5-7-13/h3-10,15H,1-2H3,(H,17,18). The van der Waals surface area contributed by atoms with Crippen molar-refractivity contribution in [3.63, 3.8) is 0 Å². The van der Waals surface area contributed by atoms with Crippen molar-refractivity contribution in [2.75, 3.05) is 0 Å². The largest absolute Gasteiger partial charge is 0.478 e. The van der Waals surface area contributed by atoms with Crippen LogP contribution in [0.1, 0.15) is 22.8 Å². The van der Waals surface area contributed by atoms with Crippen molar-refractivity contribution in [1.82, 2.24) is 0 Å². The second-order valence-corrected chi connectivity index (χ2v) is 4.49. The Balaban J connectivity index is 2.27. The molecule has 0 amide bonds. The van der Waals surface area contributed by atoms with Gasteiger partial charge >= 0.3 is 5.97 Å². The van der Waals surface area contributed by atoms with Crippen molar-refractivity contribution >= 4 is 5.97 Å². The third kappa shape index (κ3) is 3.13. The Labute approximate surface area is 112 Å². The fourth-order valence-electron chi connectivity index (χ4n) is 1.81. The lowest BCUT2D eigenvalue weighted by Crippen LogP contribution is -2.18. The first-order valence-electron chi connectivity index (χ1n) is 6.09. The van der Waals surface area contributed by atoms with E-state index in [-0.39, 0.29) is 0 Å². The monoisotopic (exact) mass is 256 g/mol. The highest BCUT2D eigenvalue weighted by atomic mass is 16.5. The molecule has 1 unspecified atom stereocenters. The number of benzene rings is 2. The van der Waals surface area contributed by atoms with Crippen LogP contribution in [-0.2, 0) is 4.79 Å². The first-order valence-corrected chi connectivity index (χ1v) is 6.09. The van der Waals surface area contributed by atoms with Gasteiger partial charge in [-0.2, -0.15) is 0 Å². The molecule has 0 fully saturated rings. The van der Waals surface area contributed by atoms with Gasteiger partial charge in [0.15, 0.2) is 0 Å². The highest BCUT2D eigenvalue weighted by Crippen LogP contribution is 2.24. The summed E-state index contributed by atoms with van der Waals surface area (Å²) in [5.41, 5.74) is 2.86. The van der Waals surface area contributed by atoms with E-state index in [9.17, 15) is 9.90 Å². The molecule has 0 aliphatic rings. The first-order chi connectivity index (χ1) is 9.08. The van der Waals surface area contributed by atoms with E-state index in [0.29, 0.717) is 11.3 Å². The van der Waals surface area contributed by atoms with Crippen LogP contribution in [0.15, 0.2) is 48.5 Å². The summed E-state index contributed by atoms with van der Waals surface area (Å²) in [5, 5.41) is 9.29. The van der Waals surface area contributed by atoms with Crippen LogP contribution in [0.4, 0.5) is 0 Å². The van der Waals surface area contributed by atoms with Crippen molar-refractivity contribution in [3.05, 3.63) is 65.2 Å². The van der Waals surface area contributed by atoms with Gasteiger partial charge in [-0.1, -0.05) is 36.4 Å². The number of carboxylic acids is 1. The van der Waals surface area contributed by atoms with Crippen LogP contribution < -0.4 is 4.74 Å². The molecule has 19 heavy (non-hydrogen) atoms. The summed E-state index contributed by atoms with van der Waals surface area (Å²) in [5.74, 6) is -0.427. The lowest BCUT2D eigenvalue weighted by molar-refractivity contribution is -0.145. The molecule has 98 valence electrons. The molecule has 0 aliphatic carbocycles. The number of rotatable bonds is 4. The SMILES string of the molecule is Cc1ccc(OC(C(=O)O)c2ccccc2)cc1C. The number of carbonyl (C=O) groups is 1. The number of aliphatic carboxylic acids is 1. The summed E-state index contributed by atoms with van der Waals surface area (Å²) in [6, 6.07) is 14.5. The molecular formula is C16H16O3. The van der Waals surface area contributed by atoms with Gasteiger partial charge in [-0.25, -0.2) is 4.79 Å². The summed E-state index contributed by atoms with van der Waals surface area (Å²) >= 11 is 0. The van der Waals surface area contributed by atoms with Gasteiger partial charge in [-0.15, -0.1) is 0 Å². The predicted molar refractivity (Wildman–Crippen MR) is 73.4 cm³/mol. The molecule has 0 saturated heterocycles. The van der Waals surface area contributed by atoms with Gasteiger partial charge in [0.2, 0.25) is 6.10 Å². The van der Waals surface area contributed by atoms with E-state index >= 15 is 0 Å². The number of carboxylic acid groups (broad SMARTS) is 1. The number of ether oxygens (including phenoxy) is 1. The highest BCUT2D eigenvalue weighted by Gasteiger charge is 2.21. The summed E-state index contributed by atoms with van der Waals surface area (Å²) in [4.78, 5) is 11.3. The normalized spacial score (nSPS) is 11.9. The smallest absolute Gasteiger partial charge is 0.349 e. The number of hydrogen-bond donors (Lipinski definition) is 1. The Morgan fingerprint density at radius 1 is 1.05 bits per heavy atom. The molecule has 1 atom stereocenters. The minimum atomic E-state index is -0.996. The Hall–Kier alpha value is -2.29. The summed E-state index contributed by atoms with van der Waals surface area (Å²) in [6.07, 6.45) is -0.983. The van der Waals surface area contributed by atoms with Gasteiger partial charge in [0.1, 0.15) is 5.75 Å². The maximum atomic E-state index is 11.3.